The third kappa shape index (κ3) is 3.49. The molecule has 2 amide bonds. The average molecular weight is 228 g/mol. The van der Waals surface area contributed by atoms with E-state index in [1.165, 1.54) is 17.0 Å². The Bertz CT molecular complexity index is 380. The SMILES string of the molecule is CN(C)C(=O)NCCc1ccc(F)cc1F. The van der Waals surface area contributed by atoms with Crippen LogP contribution in [0, 0.1) is 11.6 Å². The molecule has 0 saturated carbocycles. The van der Waals surface area contributed by atoms with E-state index in [9.17, 15) is 13.6 Å². The molecule has 1 N–H and O–H groups in total. The number of hydrogen-bond donors (Lipinski definition) is 1. The first kappa shape index (κ1) is 12.4. The summed E-state index contributed by atoms with van der Waals surface area (Å²) in [5, 5.41) is 2.60. The molecular formula is C11H14F2N2O. The fraction of sp³-hybridized carbons (Fsp3) is 0.364. The first-order valence-electron chi connectivity index (χ1n) is 4.90. The molecule has 0 radical (unpaired) electrons. The van der Waals surface area contributed by atoms with Crippen molar-refractivity contribution in [2.75, 3.05) is 20.6 Å². The van der Waals surface area contributed by atoms with E-state index in [0.29, 0.717) is 18.5 Å². The number of hydrogen-bond acceptors (Lipinski definition) is 1. The standard InChI is InChI=1S/C11H14F2N2O/c1-15(2)11(16)14-6-5-8-3-4-9(12)7-10(8)13/h3-4,7H,5-6H2,1-2H3,(H,14,16). The fourth-order valence-corrected chi connectivity index (χ4v) is 1.19. The van der Waals surface area contributed by atoms with E-state index in [-0.39, 0.29) is 6.03 Å². The van der Waals surface area contributed by atoms with Crippen LogP contribution >= 0.6 is 0 Å². The smallest absolute Gasteiger partial charge is 0.316 e. The van der Waals surface area contributed by atoms with Gasteiger partial charge in [0.25, 0.3) is 0 Å². The molecule has 0 aliphatic heterocycles. The molecule has 0 aliphatic carbocycles. The van der Waals surface area contributed by atoms with E-state index in [1.807, 2.05) is 0 Å². The van der Waals surface area contributed by atoms with Crippen molar-refractivity contribution in [1.82, 2.24) is 10.2 Å². The number of benzene rings is 1. The molecule has 0 aromatic heterocycles. The summed E-state index contributed by atoms with van der Waals surface area (Å²) in [4.78, 5) is 12.5. The van der Waals surface area contributed by atoms with E-state index in [1.54, 1.807) is 14.1 Å². The van der Waals surface area contributed by atoms with Gasteiger partial charge in [-0.2, -0.15) is 0 Å². The minimum absolute atomic E-state index is 0.234. The normalized spacial score (nSPS) is 10.0. The van der Waals surface area contributed by atoms with Gasteiger partial charge in [-0.05, 0) is 18.1 Å². The highest BCUT2D eigenvalue weighted by Gasteiger charge is 2.05. The number of rotatable bonds is 3. The number of amides is 2. The minimum Gasteiger partial charge on any atom is -0.338 e. The zero-order valence-electron chi connectivity index (χ0n) is 9.26. The molecule has 0 aliphatic rings. The van der Waals surface area contributed by atoms with Gasteiger partial charge in [0.05, 0.1) is 0 Å². The summed E-state index contributed by atoms with van der Waals surface area (Å²) >= 11 is 0. The van der Waals surface area contributed by atoms with Crippen LogP contribution in [0.4, 0.5) is 13.6 Å². The van der Waals surface area contributed by atoms with Crippen molar-refractivity contribution in [3.05, 3.63) is 35.4 Å². The Labute approximate surface area is 93.1 Å². The molecule has 0 unspecified atom stereocenters. The van der Waals surface area contributed by atoms with Crippen molar-refractivity contribution >= 4 is 6.03 Å². The highest BCUT2D eigenvalue weighted by Crippen LogP contribution is 2.09. The Hall–Kier alpha value is -1.65. The van der Waals surface area contributed by atoms with Gasteiger partial charge in [-0.3, -0.25) is 0 Å². The van der Waals surface area contributed by atoms with Gasteiger partial charge in [0.1, 0.15) is 11.6 Å². The second-order valence-electron chi connectivity index (χ2n) is 3.61. The minimum atomic E-state index is -0.599. The average Bonchev–Trinajstić information content (AvgIpc) is 2.20. The number of carbonyl (C=O) groups excluding carboxylic acids is 1. The lowest BCUT2D eigenvalue weighted by Gasteiger charge is -2.11. The lowest BCUT2D eigenvalue weighted by molar-refractivity contribution is 0.217. The van der Waals surface area contributed by atoms with Gasteiger partial charge in [0.2, 0.25) is 0 Å². The van der Waals surface area contributed by atoms with Crippen molar-refractivity contribution in [1.29, 1.82) is 0 Å². The quantitative estimate of drug-likeness (QED) is 0.840. The summed E-state index contributed by atoms with van der Waals surface area (Å²) < 4.78 is 25.8. The first-order valence-corrected chi connectivity index (χ1v) is 4.90. The molecule has 0 spiro atoms. The molecule has 1 rings (SSSR count). The Kier molecular flexibility index (Phi) is 4.22. The van der Waals surface area contributed by atoms with Crippen molar-refractivity contribution < 1.29 is 13.6 Å². The second-order valence-corrected chi connectivity index (χ2v) is 3.61. The van der Waals surface area contributed by atoms with Crippen molar-refractivity contribution in [3.63, 3.8) is 0 Å². The van der Waals surface area contributed by atoms with E-state index < -0.39 is 11.6 Å². The van der Waals surface area contributed by atoms with Gasteiger partial charge in [0.15, 0.2) is 0 Å². The highest BCUT2D eigenvalue weighted by atomic mass is 19.1. The molecule has 0 heterocycles. The second kappa shape index (κ2) is 5.44. The molecular weight excluding hydrogens is 214 g/mol. The summed E-state index contributed by atoms with van der Waals surface area (Å²) in [6.07, 6.45) is 0.339. The largest absolute Gasteiger partial charge is 0.338 e. The highest BCUT2D eigenvalue weighted by molar-refractivity contribution is 5.73. The monoisotopic (exact) mass is 228 g/mol. The van der Waals surface area contributed by atoms with Crippen LogP contribution in [0.15, 0.2) is 18.2 Å². The van der Waals surface area contributed by atoms with Crippen molar-refractivity contribution in [3.8, 4) is 0 Å². The van der Waals surface area contributed by atoms with Gasteiger partial charge in [-0.25, -0.2) is 13.6 Å². The molecule has 1 aromatic rings. The van der Waals surface area contributed by atoms with Gasteiger partial charge in [-0.1, -0.05) is 6.07 Å². The Morgan fingerprint density at radius 2 is 2.06 bits per heavy atom. The van der Waals surface area contributed by atoms with Crippen LogP contribution in [0.3, 0.4) is 0 Å². The Balaban J connectivity index is 2.46. The Morgan fingerprint density at radius 3 is 2.62 bits per heavy atom. The molecule has 3 nitrogen and oxygen atoms in total. The van der Waals surface area contributed by atoms with E-state index in [0.717, 1.165) is 6.07 Å². The van der Waals surface area contributed by atoms with Crippen LogP contribution in [0.1, 0.15) is 5.56 Å². The van der Waals surface area contributed by atoms with Crippen molar-refractivity contribution in [2.45, 2.75) is 6.42 Å². The predicted octanol–water partition coefficient (Wildman–Crippen LogP) is 1.78. The third-order valence-corrected chi connectivity index (χ3v) is 2.09. The lowest BCUT2D eigenvalue weighted by atomic mass is 10.1. The van der Waals surface area contributed by atoms with Gasteiger partial charge in [-0.15, -0.1) is 0 Å². The summed E-state index contributed by atoms with van der Waals surface area (Å²) in [6.45, 7) is 0.319. The molecule has 1 aromatic carbocycles. The maximum atomic E-state index is 13.2. The zero-order chi connectivity index (χ0) is 12.1. The zero-order valence-corrected chi connectivity index (χ0v) is 9.26. The maximum absolute atomic E-state index is 13.2. The molecule has 0 fully saturated rings. The van der Waals surface area contributed by atoms with Crippen LogP contribution in [0.5, 0.6) is 0 Å². The van der Waals surface area contributed by atoms with Crippen molar-refractivity contribution in [2.24, 2.45) is 0 Å². The van der Waals surface area contributed by atoms with Gasteiger partial charge in [0, 0.05) is 26.7 Å². The number of carbonyl (C=O) groups is 1. The summed E-state index contributed by atoms with van der Waals surface area (Å²) in [5.74, 6) is -1.18. The topological polar surface area (TPSA) is 32.3 Å². The lowest BCUT2D eigenvalue weighted by Crippen LogP contribution is -2.35. The number of urea groups is 1. The molecule has 88 valence electrons. The van der Waals surface area contributed by atoms with Gasteiger partial charge >= 0.3 is 6.03 Å². The predicted molar refractivity (Wildman–Crippen MR) is 57.1 cm³/mol. The molecule has 5 heteroatoms. The van der Waals surface area contributed by atoms with Crippen LogP contribution in [0.25, 0.3) is 0 Å². The van der Waals surface area contributed by atoms with Crippen LogP contribution in [-0.2, 0) is 6.42 Å². The van der Waals surface area contributed by atoms with Crippen LogP contribution < -0.4 is 5.32 Å². The number of nitrogens with one attached hydrogen (secondary N) is 1. The third-order valence-electron chi connectivity index (χ3n) is 2.09. The number of nitrogens with zero attached hydrogens (tertiary/aromatic N) is 1. The molecule has 0 saturated heterocycles. The summed E-state index contributed by atoms with van der Waals surface area (Å²) in [7, 11) is 3.24. The first-order chi connectivity index (χ1) is 7.50. The van der Waals surface area contributed by atoms with E-state index in [4.69, 9.17) is 0 Å². The molecule has 0 atom stereocenters. The van der Waals surface area contributed by atoms with Crippen LogP contribution in [-0.4, -0.2) is 31.6 Å². The number of halogens is 2. The summed E-state index contributed by atoms with van der Waals surface area (Å²) in [5.41, 5.74) is 0.389. The molecule has 0 bridgehead atoms. The van der Waals surface area contributed by atoms with E-state index in [2.05, 4.69) is 5.32 Å². The van der Waals surface area contributed by atoms with E-state index >= 15 is 0 Å². The Morgan fingerprint density at radius 1 is 1.38 bits per heavy atom. The molecule has 16 heavy (non-hydrogen) atoms. The van der Waals surface area contributed by atoms with Gasteiger partial charge < -0.3 is 10.2 Å². The fourth-order valence-electron chi connectivity index (χ4n) is 1.19. The maximum Gasteiger partial charge on any atom is 0.316 e. The van der Waals surface area contributed by atoms with Crippen LogP contribution in [0.2, 0.25) is 0 Å². The summed E-state index contributed by atoms with van der Waals surface area (Å²) in [6, 6.07) is 3.18.